The molecule has 0 amide bonds. The molecule has 120 valence electrons. The zero-order chi connectivity index (χ0) is 15.4. The zero-order valence-corrected chi connectivity index (χ0v) is 13.7. The Morgan fingerprint density at radius 2 is 1.27 bits per heavy atom. The second-order valence-corrected chi connectivity index (χ2v) is 7.32. The normalized spacial score (nSPS) is 21.6. The van der Waals surface area contributed by atoms with Crippen molar-refractivity contribution in [1.82, 2.24) is 0 Å². The summed E-state index contributed by atoms with van der Waals surface area (Å²) in [5.74, 6) is 1.55. The van der Waals surface area contributed by atoms with Crippen LogP contribution in [0.2, 0.25) is 0 Å². The predicted molar refractivity (Wildman–Crippen MR) is 93.2 cm³/mol. The van der Waals surface area contributed by atoms with Gasteiger partial charge < -0.3 is 5.73 Å². The summed E-state index contributed by atoms with van der Waals surface area (Å²) in [6, 6.07) is 10.8. The van der Waals surface area contributed by atoms with Crippen molar-refractivity contribution in [3.8, 4) is 0 Å². The van der Waals surface area contributed by atoms with Gasteiger partial charge >= 0.3 is 0 Å². The maximum Gasteiger partial charge on any atom is 0.102 e. The average Bonchev–Trinajstić information content (AvgIpc) is 2.58. The fraction of sp³-hybridized carbons (Fsp3) is 0.650. The van der Waals surface area contributed by atoms with Gasteiger partial charge in [-0.2, -0.15) is 0 Å². The van der Waals surface area contributed by atoms with Crippen molar-refractivity contribution in [2.75, 3.05) is 0 Å². The first kappa shape index (κ1) is 15.6. The van der Waals surface area contributed by atoms with Gasteiger partial charge in [0, 0.05) is 0 Å². The van der Waals surface area contributed by atoms with Gasteiger partial charge in [-0.15, -0.1) is 0 Å². The van der Waals surface area contributed by atoms with Crippen LogP contribution < -0.4 is 5.73 Å². The van der Waals surface area contributed by atoms with Crippen LogP contribution in [0.5, 0.6) is 0 Å². The lowest BCUT2D eigenvalue weighted by Crippen LogP contribution is -2.53. The first-order chi connectivity index (χ1) is 10.8. The lowest BCUT2D eigenvalue weighted by atomic mass is 9.55. The first-order valence-electron chi connectivity index (χ1n) is 9.16. The van der Waals surface area contributed by atoms with Crippen molar-refractivity contribution in [3.05, 3.63) is 35.9 Å². The summed E-state index contributed by atoms with van der Waals surface area (Å²) in [7, 11) is 0. The first-order valence-corrected chi connectivity index (χ1v) is 9.16. The number of hydrogen-bond donors (Lipinski definition) is 2. The Bertz CT molecular complexity index is 464. The van der Waals surface area contributed by atoms with Crippen LogP contribution in [0.3, 0.4) is 0 Å². The van der Waals surface area contributed by atoms with E-state index < -0.39 is 0 Å². The smallest absolute Gasteiger partial charge is 0.102 e. The summed E-state index contributed by atoms with van der Waals surface area (Å²) in [6.07, 6.45) is 12.9. The van der Waals surface area contributed by atoms with E-state index in [9.17, 15) is 0 Å². The second kappa shape index (κ2) is 6.85. The third kappa shape index (κ3) is 2.68. The molecule has 0 aromatic heterocycles. The summed E-state index contributed by atoms with van der Waals surface area (Å²) in [5, 5.41) is 8.59. The van der Waals surface area contributed by atoms with Crippen molar-refractivity contribution in [1.29, 1.82) is 5.41 Å². The van der Waals surface area contributed by atoms with E-state index in [0.717, 1.165) is 0 Å². The Morgan fingerprint density at radius 1 is 0.818 bits per heavy atom. The van der Waals surface area contributed by atoms with E-state index in [2.05, 4.69) is 30.3 Å². The quantitative estimate of drug-likeness (QED) is 0.595. The molecule has 0 radical (unpaired) electrons. The summed E-state index contributed by atoms with van der Waals surface area (Å²) >= 11 is 0. The van der Waals surface area contributed by atoms with E-state index in [-0.39, 0.29) is 5.41 Å². The minimum atomic E-state index is -0.206. The van der Waals surface area contributed by atoms with E-state index in [1.807, 2.05) is 0 Å². The maximum absolute atomic E-state index is 8.59. The topological polar surface area (TPSA) is 49.9 Å². The van der Waals surface area contributed by atoms with E-state index >= 15 is 0 Å². The molecule has 0 unspecified atom stereocenters. The minimum Gasteiger partial charge on any atom is -0.387 e. The molecule has 3 N–H and O–H groups in total. The number of benzene rings is 1. The van der Waals surface area contributed by atoms with Crippen LogP contribution in [-0.4, -0.2) is 5.84 Å². The summed E-state index contributed by atoms with van der Waals surface area (Å²) in [4.78, 5) is 0. The van der Waals surface area contributed by atoms with Gasteiger partial charge in [0.2, 0.25) is 0 Å². The van der Waals surface area contributed by atoms with Crippen LogP contribution in [0.25, 0.3) is 0 Å². The molecule has 2 nitrogen and oxygen atoms in total. The molecule has 0 heterocycles. The Morgan fingerprint density at radius 3 is 1.68 bits per heavy atom. The van der Waals surface area contributed by atoms with E-state index in [4.69, 9.17) is 11.1 Å². The zero-order valence-electron chi connectivity index (χ0n) is 13.7. The monoisotopic (exact) mass is 298 g/mol. The second-order valence-electron chi connectivity index (χ2n) is 7.32. The number of hydrogen-bond acceptors (Lipinski definition) is 1. The Hall–Kier alpha value is -1.31. The molecule has 0 bridgehead atoms. The molecule has 2 fully saturated rings. The maximum atomic E-state index is 8.59. The molecular weight excluding hydrogens is 268 g/mol. The van der Waals surface area contributed by atoms with E-state index in [1.54, 1.807) is 0 Å². The molecule has 0 spiro atoms. The molecular formula is C20H30N2. The van der Waals surface area contributed by atoms with Gasteiger partial charge in [0.05, 0.1) is 5.41 Å². The third-order valence-electron chi connectivity index (χ3n) is 6.20. The summed E-state index contributed by atoms with van der Waals surface area (Å²) in [6.45, 7) is 0. The van der Waals surface area contributed by atoms with Crippen LogP contribution >= 0.6 is 0 Å². The Kier molecular flexibility index (Phi) is 4.85. The van der Waals surface area contributed by atoms with Crippen molar-refractivity contribution in [2.45, 2.75) is 69.6 Å². The highest BCUT2D eigenvalue weighted by molar-refractivity contribution is 5.90. The van der Waals surface area contributed by atoms with Crippen LogP contribution in [-0.2, 0) is 5.41 Å². The molecule has 1 aromatic rings. The average molecular weight is 298 g/mol. The molecule has 0 saturated heterocycles. The fourth-order valence-corrected chi connectivity index (χ4v) is 5.23. The van der Waals surface area contributed by atoms with Crippen molar-refractivity contribution in [2.24, 2.45) is 17.6 Å². The van der Waals surface area contributed by atoms with Crippen LogP contribution in [0.15, 0.2) is 30.3 Å². The van der Waals surface area contributed by atoms with Gasteiger partial charge in [-0.3, -0.25) is 5.41 Å². The van der Waals surface area contributed by atoms with Gasteiger partial charge in [-0.25, -0.2) is 0 Å². The predicted octanol–water partition coefficient (Wildman–Crippen LogP) is 5.02. The molecule has 2 saturated carbocycles. The number of nitrogens with one attached hydrogen (secondary N) is 1. The van der Waals surface area contributed by atoms with Crippen LogP contribution in [0, 0.1) is 17.2 Å². The number of amidine groups is 1. The molecule has 1 aromatic carbocycles. The Labute approximate surface area is 135 Å². The molecule has 0 atom stereocenters. The molecule has 2 aliphatic carbocycles. The van der Waals surface area contributed by atoms with Gasteiger partial charge in [0.1, 0.15) is 5.84 Å². The highest BCUT2D eigenvalue weighted by Crippen LogP contribution is 2.50. The minimum absolute atomic E-state index is 0.206. The van der Waals surface area contributed by atoms with Gasteiger partial charge in [-0.05, 0) is 43.1 Å². The highest BCUT2D eigenvalue weighted by Gasteiger charge is 2.49. The standard InChI is InChI=1S/C20H30N2/c21-19(22)20(16-10-4-1-5-11-16,17-12-6-2-7-13-17)18-14-8-3-9-15-18/h1,4-5,10-11,17-18H,2-3,6-9,12-15H2,(H3,21,22). The fourth-order valence-electron chi connectivity index (χ4n) is 5.23. The van der Waals surface area contributed by atoms with Crippen molar-refractivity contribution < 1.29 is 0 Å². The van der Waals surface area contributed by atoms with Gasteiger partial charge in [0.25, 0.3) is 0 Å². The summed E-state index contributed by atoms with van der Waals surface area (Å²) in [5.41, 5.74) is 7.45. The number of nitrogens with two attached hydrogens (primary N) is 1. The Balaban J connectivity index is 2.06. The molecule has 22 heavy (non-hydrogen) atoms. The largest absolute Gasteiger partial charge is 0.387 e. The van der Waals surface area contributed by atoms with Crippen molar-refractivity contribution in [3.63, 3.8) is 0 Å². The SMILES string of the molecule is N=C(N)C(c1ccccc1)(C1CCCCC1)C1CCCCC1. The third-order valence-corrected chi connectivity index (χ3v) is 6.20. The highest BCUT2D eigenvalue weighted by atomic mass is 14.8. The molecule has 3 rings (SSSR count). The van der Waals surface area contributed by atoms with Crippen LogP contribution in [0.4, 0.5) is 0 Å². The number of rotatable bonds is 4. The van der Waals surface area contributed by atoms with E-state index in [0.29, 0.717) is 17.7 Å². The van der Waals surface area contributed by atoms with Gasteiger partial charge in [0.15, 0.2) is 0 Å². The van der Waals surface area contributed by atoms with Crippen LogP contribution in [0.1, 0.15) is 69.8 Å². The van der Waals surface area contributed by atoms with Gasteiger partial charge in [-0.1, -0.05) is 68.9 Å². The lowest BCUT2D eigenvalue weighted by molar-refractivity contribution is 0.155. The lowest BCUT2D eigenvalue weighted by Gasteiger charge is -2.49. The molecule has 2 heteroatoms. The van der Waals surface area contributed by atoms with E-state index in [1.165, 1.54) is 69.8 Å². The molecule has 0 aliphatic heterocycles. The summed E-state index contributed by atoms with van der Waals surface area (Å²) < 4.78 is 0. The van der Waals surface area contributed by atoms with Crippen molar-refractivity contribution >= 4 is 5.84 Å². The molecule has 2 aliphatic rings.